The van der Waals surface area contributed by atoms with Gasteiger partial charge in [0.05, 0.1) is 41.4 Å². The molecule has 0 bridgehead atoms. The van der Waals surface area contributed by atoms with Crippen LogP contribution in [-0.2, 0) is 14.8 Å². The number of nitrogens with one attached hydrogen (secondary N) is 1. The summed E-state index contributed by atoms with van der Waals surface area (Å²) in [6.07, 6.45) is 5.02. The molecular weight excluding hydrogens is 466 g/mol. The number of benzene rings is 1. The largest absolute Gasteiger partial charge is 0.378 e. The fourth-order valence-electron chi connectivity index (χ4n) is 4.31. The standard InChI is InChI=1S/C22H24ClN5O4S/c23-17-13-18-19(33(30,31)26-21-4-2-1-3-7-28(18)21)12-16(17)22(29)25-15-5-6-20(24-14-15)27-8-10-32-11-9-27/h5-6,12-14H,1-4,7-11H2,(H,25,29). The van der Waals surface area contributed by atoms with Crippen LogP contribution < -0.4 is 15.1 Å². The second kappa shape index (κ2) is 8.92. The second-order valence-corrected chi connectivity index (χ2v) is 10.2. The SMILES string of the molecule is O=C(Nc1ccc(N2CCOCC2)nc1)c1cc2c(cc1Cl)N1CCCCCC1=NS2(=O)=O. The van der Waals surface area contributed by atoms with Crippen LogP contribution in [0.1, 0.15) is 36.0 Å². The van der Waals surface area contributed by atoms with E-state index < -0.39 is 15.9 Å². The van der Waals surface area contributed by atoms with E-state index in [9.17, 15) is 13.2 Å². The molecule has 1 N–H and O–H groups in total. The molecule has 33 heavy (non-hydrogen) atoms. The van der Waals surface area contributed by atoms with Crippen LogP contribution in [0.2, 0.25) is 5.02 Å². The Hall–Kier alpha value is -2.69. The van der Waals surface area contributed by atoms with Gasteiger partial charge in [0.1, 0.15) is 16.5 Å². The van der Waals surface area contributed by atoms with Crippen LogP contribution in [0.25, 0.3) is 0 Å². The first-order valence-electron chi connectivity index (χ1n) is 11.0. The molecule has 3 aliphatic rings. The molecule has 1 aromatic heterocycles. The highest BCUT2D eigenvalue weighted by molar-refractivity contribution is 7.90. The zero-order valence-electron chi connectivity index (χ0n) is 18.0. The molecule has 0 aliphatic carbocycles. The lowest BCUT2D eigenvalue weighted by Gasteiger charge is -2.30. The molecule has 0 saturated carbocycles. The van der Waals surface area contributed by atoms with E-state index in [0.29, 0.717) is 43.4 Å². The molecule has 0 spiro atoms. The zero-order valence-corrected chi connectivity index (χ0v) is 19.5. The lowest BCUT2D eigenvalue weighted by Crippen LogP contribution is -2.36. The normalized spacial score (nSPS) is 19.7. The number of nitrogens with zero attached hydrogens (tertiary/aromatic N) is 4. The molecule has 2 fully saturated rings. The van der Waals surface area contributed by atoms with Gasteiger partial charge in [-0.1, -0.05) is 18.0 Å². The molecule has 5 rings (SSSR count). The Morgan fingerprint density at radius 1 is 1.09 bits per heavy atom. The monoisotopic (exact) mass is 489 g/mol. The molecule has 0 atom stereocenters. The Morgan fingerprint density at radius 3 is 2.67 bits per heavy atom. The zero-order chi connectivity index (χ0) is 23.0. The number of amides is 1. The highest BCUT2D eigenvalue weighted by Crippen LogP contribution is 2.38. The number of ether oxygens (including phenoxy) is 1. The predicted molar refractivity (Wildman–Crippen MR) is 127 cm³/mol. The maximum atomic E-state index is 13.0. The summed E-state index contributed by atoms with van der Waals surface area (Å²) < 4.78 is 35.1. The lowest BCUT2D eigenvalue weighted by atomic mass is 10.1. The minimum absolute atomic E-state index is 0.00323. The summed E-state index contributed by atoms with van der Waals surface area (Å²) >= 11 is 6.46. The van der Waals surface area contributed by atoms with Crippen LogP contribution in [0, 0.1) is 0 Å². The number of rotatable bonds is 3. The maximum absolute atomic E-state index is 13.0. The van der Waals surface area contributed by atoms with E-state index in [1.807, 2.05) is 11.0 Å². The number of amidine groups is 1. The molecule has 11 heteroatoms. The summed E-state index contributed by atoms with van der Waals surface area (Å²) in [6, 6.07) is 6.47. The Labute approximate surface area is 197 Å². The van der Waals surface area contributed by atoms with Gasteiger partial charge in [0.2, 0.25) is 0 Å². The first-order valence-corrected chi connectivity index (χ1v) is 12.8. The molecule has 4 heterocycles. The van der Waals surface area contributed by atoms with E-state index >= 15 is 0 Å². The number of pyridine rings is 1. The highest BCUT2D eigenvalue weighted by Gasteiger charge is 2.33. The minimum atomic E-state index is -3.91. The summed E-state index contributed by atoms with van der Waals surface area (Å²) in [6.45, 7) is 3.51. The van der Waals surface area contributed by atoms with Gasteiger partial charge in [-0.05, 0) is 37.1 Å². The maximum Gasteiger partial charge on any atom is 0.286 e. The van der Waals surface area contributed by atoms with E-state index in [1.165, 1.54) is 6.07 Å². The van der Waals surface area contributed by atoms with Gasteiger partial charge in [0.15, 0.2) is 0 Å². The molecule has 2 saturated heterocycles. The summed E-state index contributed by atoms with van der Waals surface area (Å²) in [4.78, 5) is 21.4. The summed E-state index contributed by atoms with van der Waals surface area (Å²) in [5, 5.41) is 2.94. The van der Waals surface area contributed by atoms with Gasteiger partial charge < -0.3 is 19.9 Å². The third-order valence-corrected chi connectivity index (χ3v) is 7.67. The summed E-state index contributed by atoms with van der Waals surface area (Å²) in [7, 11) is -3.91. The number of fused-ring (bicyclic) bond motifs is 3. The molecule has 174 valence electrons. The molecule has 9 nitrogen and oxygen atoms in total. The van der Waals surface area contributed by atoms with Gasteiger partial charge >= 0.3 is 0 Å². The highest BCUT2D eigenvalue weighted by atomic mass is 35.5. The van der Waals surface area contributed by atoms with E-state index in [-0.39, 0.29) is 15.5 Å². The molecular formula is C22H24ClN5O4S. The van der Waals surface area contributed by atoms with Crippen LogP contribution in [-0.4, -0.2) is 58.0 Å². The quantitative estimate of drug-likeness (QED) is 0.705. The number of morpholine rings is 1. The van der Waals surface area contributed by atoms with Crippen LogP contribution in [0.5, 0.6) is 0 Å². The van der Waals surface area contributed by atoms with Crippen LogP contribution in [0.3, 0.4) is 0 Å². The second-order valence-electron chi connectivity index (χ2n) is 8.20. The number of hydrogen-bond donors (Lipinski definition) is 1. The lowest BCUT2D eigenvalue weighted by molar-refractivity contribution is 0.102. The van der Waals surface area contributed by atoms with Gasteiger partial charge in [-0.3, -0.25) is 4.79 Å². The average Bonchev–Trinajstić information content (AvgIpc) is 3.04. The fourth-order valence-corrected chi connectivity index (χ4v) is 5.82. The van der Waals surface area contributed by atoms with Crippen LogP contribution in [0.15, 0.2) is 39.8 Å². The number of hydrogen-bond acceptors (Lipinski definition) is 7. The van der Waals surface area contributed by atoms with Crippen molar-refractivity contribution in [3.05, 3.63) is 41.0 Å². The number of sulfonamides is 1. The fraction of sp³-hybridized carbons (Fsp3) is 0.409. The number of aromatic nitrogens is 1. The third kappa shape index (κ3) is 4.42. The van der Waals surface area contributed by atoms with E-state index in [4.69, 9.17) is 16.3 Å². The molecule has 2 aromatic rings. The van der Waals surface area contributed by atoms with Gasteiger partial charge in [-0.15, -0.1) is 4.40 Å². The van der Waals surface area contributed by atoms with E-state index in [1.54, 1.807) is 18.3 Å². The van der Waals surface area contributed by atoms with Gasteiger partial charge in [-0.2, -0.15) is 8.42 Å². The topological polar surface area (TPSA) is 104 Å². The first kappa shape index (κ1) is 22.1. The van der Waals surface area contributed by atoms with Crippen molar-refractivity contribution in [3.63, 3.8) is 0 Å². The molecule has 1 amide bonds. The van der Waals surface area contributed by atoms with Crippen molar-refractivity contribution in [1.29, 1.82) is 0 Å². The average molecular weight is 490 g/mol. The Morgan fingerprint density at radius 2 is 1.91 bits per heavy atom. The van der Waals surface area contributed by atoms with Gasteiger partial charge in [0, 0.05) is 26.1 Å². The molecule has 0 unspecified atom stereocenters. The third-order valence-electron chi connectivity index (χ3n) is 6.02. The summed E-state index contributed by atoms with van der Waals surface area (Å²) in [5.41, 5.74) is 1.05. The first-order chi connectivity index (χ1) is 15.9. The predicted octanol–water partition coefficient (Wildman–Crippen LogP) is 3.31. The Balaban J connectivity index is 1.40. The number of halogens is 1. The van der Waals surface area contributed by atoms with Crippen molar-refractivity contribution < 1.29 is 17.9 Å². The number of carbonyl (C=O) groups excluding carboxylic acids is 1. The number of anilines is 3. The summed E-state index contributed by atoms with van der Waals surface area (Å²) in [5.74, 6) is 0.838. The van der Waals surface area contributed by atoms with Crippen molar-refractivity contribution in [2.75, 3.05) is 48.0 Å². The molecule has 1 aromatic carbocycles. The Kier molecular flexibility index (Phi) is 5.98. The molecule has 3 aliphatic heterocycles. The smallest absolute Gasteiger partial charge is 0.286 e. The van der Waals surface area contributed by atoms with E-state index in [0.717, 1.165) is 38.2 Å². The van der Waals surface area contributed by atoms with Crippen molar-refractivity contribution in [2.45, 2.75) is 30.6 Å². The van der Waals surface area contributed by atoms with Crippen molar-refractivity contribution in [3.8, 4) is 0 Å². The van der Waals surface area contributed by atoms with Gasteiger partial charge in [0.25, 0.3) is 15.9 Å². The minimum Gasteiger partial charge on any atom is -0.378 e. The van der Waals surface area contributed by atoms with Crippen molar-refractivity contribution >= 4 is 50.6 Å². The van der Waals surface area contributed by atoms with Crippen LogP contribution in [0.4, 0.5) is 17.2 Å². The van der Waals surface area contributed by atoms with Gasteiger partial charge in [-0.25, -0.2) is 4.98 Å². The van der Waals surface area contributed by atoms with Crippen LogP contribution >= 0.6 is 11.6 Å². The number of carbonyl (C=O) groups is 1. The van der Waals surface area contributed by atoms with Crippen molar-refractivity contribution in [2.24, 2.45) is 4.40 Å². The van der Waals surface area contributed by atoms with E-state index in [2.05, 4.69) is 19.6 Å². The Bertz CT molecular complexity index is 1210. The molecule has 0 radical (unpaired) electrons. The van der Waals surface area contributed by atoms with Crippen molar-refractivity contribution in [1.82, 2.24) is 4.98 Å².